The van der Waals surface area contributed by atoms with E-state index < -0.39 is 0 Å². The average Bonchev–Trinajstić information content (AvgIpc) is 2.12. The van der Waals surface area contributed by atoms with Gasteiger partial charge in [-0.15, -0.1) is 0 Å². The number of methoxy groups -OCH3 is 1. The Bertz CT molecular complexity index is 139. The van der Waals surface area contributed by atoms with Crippen molar-refractivity contribution in [3.8, 4) is 0 Å². The van der Waals surface area contributed by atoms with E-state index in [0.29, 0.717) is 13.0 Å². The van der Waals surface area contributed by atoms with Crippen molar-refractivity contribution in [2.45, 2.75) is 26.3 Å². The highest BCUT2D eigenvalue weighted by molar-refractivity contribution is 5.69. The Morgan fingerprint density at radius 3 is 2.77 bits per heavy atom. The Labute approximate surface area is 79.6 Å². The average molecular weight is 189 g/mol. The van der Waals surface area contributed by atoms with Crippen molar-refractivity contribution in [1.82, 2.24) is 5.32 Å². The van der Waals surface area contributed by atoms with Crippen molar-refractivity contribution in [1.29, 1.82) is 0 Å². The van der Waals surface area contributed by atoms with Crippen LogP contribution in [0.1, 0.15) is 20.3 Å². The van der Waals surface area contributed by atoms with Gasteiger partial charge in [-0.2, -0.15) is 0 Å². The van der Waals surface area contributed by atoms with E-state index in [1.165, 1.54) is 7.11 Å². The minimum atomic E-state index is -0.184. The summed E-state index contributed by atoms with van der Waals surface area (Å²) in [7, 11) is 1.40. The maximum absolute atomic E-state index is 10.8. The van der Waals surface area contributed by atoms with Gasteiger partial charge in [-0.25, -0.2) is 0 Å². The van der Waals surface area contributed by atoms with Gasteiger partial charge in [0.25, 0.3) is 0 Å². The van der Waals surface area contributed by atoms with Crippen LogP contribution >= 0.6 is 0 Å². The molecule has 13 heavy (non-hydrogen) atoms. The van der Waals surface area contributed by atoms with Gasteiger partial charge in [0.1, 0.15) is 0 Å². The van der Waals surface area contributed by atoms with E-state index in [1.807, 2.05) is 13.8 Å². The molecule has 0 aliphatic carbocycles. The highest BCUT2D eigenvalue weighted by Gasteiger charge is 2.07. The zero-order valence-corrected chi connectivity index (χ0v) is 8.63. The van der Waals surface area contributed by atoms with Crippen LogP contribution in [0.3, 0.4) is 0 Å². The van der Waals surface area contributed by atoms with Gasteiger partial charge in [-0.1, -0.05) is 0 Å². The number of carbonyl (C=O) groups is 1. The smallest absolute Gasteiger partial charge is 0.307 e. The second kappa shape index (κ2) is 8.01. The van der Waals surface area contributed by atoms with Crippen molar-refractivity contribution < 1.29 is 14.3 Å². The first-order chi connectivity index (χ1) is 6.20. The molecule has 4 heteroatoms. The van der Waals surface area contributed by atoms with Crippen LogP contribution in [0.4, 0.5) is 0 Å². The summed E-state index contributed by atoms with van der Waals surface area (Å²) in [6, 6.07) is 0.146. The second-order valence-corrected chi connectivity index (χ2v) is 2.83. The number of esters is 1. The van der Waals surface area contributed by atoms with E-state index in [4.69, 9.17) is 4.74 Å². The summed E-state index contributed by atoms with van der Waals surface area (Å²) in [5.41, 5.74) is 0. The van der Waals surface area contributed by atoms with Crippen LogP contribution in [-0.4, -0.2) is 38.9 Å². The molecule has 0 aliphatic rings. The maximum atomic E-state index is 10.8. The van der Waals surface area contributed by atoms with Crippen molar-refractivity contribution in [3.05, 3.63) is 0 Å². The molecule has 0 saturated heterocycles. The van der Waals surface area contributed by atoms with Crippen molar-refractivity contribution >= 4 is 5.97 Å². The zero-order valence-electron chi connectivity index (χ0n) is 8.63. The number of ether oxygens (including phenoxy) is 2. The van der Waals surface area contributed by atoms with Gasteiger partial charge in [0.15, 0.2) is 0 Å². The Balaban J connectivity index is 3.29. The van der Waals surface area contributed by atoms with Crippen LogP contribution in [0.5, 0.6) is 0 Å². The third kappa shape index (κ3) is 7.74. The highest BCUT2D eigenvalue weighted by Crippen LogP contribution is 1.91. The molecule has 1 atom stereocenters. The molecule has 0 heterocycles. The Kier molecular flexibility index (Phi) is 7.63. The molecule has 0 aromatic heterocycles. The quantitative estimate of drug-likeness (QED) is 0.469. The highest BCUT2D eigenvalue weighted by atomic mass is 16.5. The van der Waals surface area contributed by atoms with E-state index in [0.717, 1.165) is 13.2 Å². The summed E-state index contributed by atoms with van der Waals surface area (Å²) in [6.45, 7) is 6.09. The predicted octanol–water partition coefficient (Wildman–Crippen LogP) is 0.564. The van der Waals surface area contributed by atoms with Crippen LogP contribution in [0.2, 0.25) is 0 Å². The van der Waals surface area contributed by atoms with Gasteiger partial charge in [-0.3, -0.25) is 4.79 Å². The molecule has 0 spiro atoms. The van der Waals surface area contributed by atoms with E-state index in [1.54, 1.807) is 0 Å². The Morgan fingerprint density at radius 1 is 1.54 bits per heavy atom. The summed E-state index contributed by atoms with van der Waals surface area (Å²) >= 11 is 0. The maximum Gasteiger partial charge on any atom is 0.307 e. The summed E-state index contributed by atoms with van der Waals surface area (Å²) in [5.74, 6) is -0.184. The lowest BCUT2D eigenvalue weighted by molar-refractivity contribution is -0.141. The third-order valence-corrected chi connectivity index (χ3v) is 1.64. The number of hydrogen-bond acceptors (Lipinski definition) is 4. The molecule has 1 N–H and O–H groups in total. The Morgan fingerprint density at radius 2 is 2.23 bits per heavy atom. The molecule has 0 saturated carbocycles. The molecule has 4 nitrogen and oxygen atoms in total. The van der Waals surface area contributed by atoms with Gasteiger partial charge < -0.3 is 14.8 Å². The fraction of sp³-hybridized carbons (Fsp3) is 0.889. The van der Waals surface area contributed by atoms with Gasteiger partial charge in [0.05, 0.1) is 20.1 Å². The van der Waals surface area contributed by atoms with Crippen molar-refractivity contribution in [2.75, 3.05) is 26.9 Å². The molecule has 0 radical (unpaired) electrons. The normalized spacial score (nSPS) is 12.5. The molecule has 0 aromatic carbocycles. The monoisotopic (exact) mass is 189 g/mol. The lowest BCUT2D eigenvalue weighted by atomic mass is 10.2. The fourth-order valence-corrected chi connectivity index (χ4v) is 0.927. The van der Waals surface area contributed by atoms with Crippen LogP contribution in [0.15, 0.2) is 0 Å². The molecular weight excluding hydrogens is 170 g/mol. The minimum Gasteiger partial charge on any atom is -0.469 e. The van der Waals surface area contributed by atoms with Crippen molar-refractivity contribution in [2.24, 2.45) is 0 Å². The van der Waals surface area contributed by atoms with Gasteiger partial charge in [0, 0.05) is 19.2 Å². The lowest BCUT2D eigenvalue weighted by Gasteiger charge is -2.11. The number of hydrogen-bond donors (Lipinski definition) is 1. The summed E-state index contributed by atoms with van der Waals surface area (Å²) in [4.78, 5) is 10.8. The first-order valence-electron chi connectivity index (χ1n) is 4.58. The van der Waals surface area contributed by atoms with Crippen LogP contribution in [0.25, 0.3) is 0 Å². The van der Waals surface area contributed by atoms with E-state index in [2.05, 4.69) is 10.1 Å². The SMILES string of the molecule is CCOCCN[C@H](C)CC(=O)OC. The zero-order chi connectivity index (χ0) is 10.1. The standard InChI is InChI=1S/C9H19NO3/c1-4-13-6-5-10-8(2)7-9(11)12-3/h8,10H,4-7H2,1-3H3/t8-/m1/s1. The number of nitrogens with one attached hydrogen (secondary N) is 1. The molecule has 0 aromatic rings. The van der Waals surface area contributed by atoms with E-state index >= 15 is 0 Å². The number of carbonyl (C=O) groups excluding carboxylic acids is 1. The minimum absolute atomic E-state index is 0.146. The molecule has 0 fully saturated rings. The van der Waals surface area contributed by atoms with Gasteiger partial charge >= 0.3 is 5.97 Å². The second-order valence-electron chi connectivity index (χ2n) is 2.83. The molecule has 0 bridgehead atoms. The molecule has 0 unspecified atom stereocenters. The fourth-order valence-electron chi connectivity index (χ4n) is 0.927. The summed E-state index contributed by atoms with van der Waals surface area (Å²) < 4.78 is 9.67. The van der Waals surface area contributed by atoms with Crippen LogP contribution in [-0.2, 0) is 14.3 Å². The summed E-state index contributed by atoms with van der Waals surface area (Å²) in [5, 5.41) is 3.16. The van der Waals surface area contributed by atoms with Gasteiger partial charge in [-0.05, 0) is 13.8 Å². The predicted molar refractivity (Wildman–Crippen MR) is 50.6 cm³/mol. The molecule has 0 aliphatic heterocycles. The molecule has 0 amide bonds. The van der Waals surface area contributed by atoms with Crippen LogP contribution < -0.4 is 5.32 Å². The molecular formula is C9H19NO3. The van der Waals surface area contributed by atoms with E-state index in [9.17, 15) is 4.79 Å². The Hall–Kier alpha value is -0.610. The first kappa shape index (κ1) is 12.4. The van der Waals surface area contributed by atoms with Crippen molar-refractivity contribution in [3.63, 3.8) is 0 Å². The first-order valence-corrected chi connectivity index (χ1v) is 4.58. The topological polar surface area (TPSA) is 47.6 Å². The largest absolute Gasteiger partial charge is 0.469 e. The third-order valence-electron chi connectivity index (χ3n) is 1.64. The summed E-state index contributed by atoms with van der Waals surface area (Å²) in [6.07, 6.45) is 0.405. The number of rotatable bonds is 7. The lowest BCUT2D eigenvalue weighted by Crippen LogP contribution is -2.31. The van der Waals surface area contributed by atoms with E-state index in [-0.39, 0.29) is 12.0 Å². The molecule has 0 rings (SSSR count). The van der Waals surface area contributed by atoms with Gasteiger partial charge in [0.2, 0.25) is 0 Å². The molecule has 78 valence electrons. The van der Waals surface area contributed by atoms with Crippen LogP contribution in [0, 0.1) is 0 Å².